The van der Waals surface area contributed by atoms with Gasteiger partial charge < -0.3 is 14.8 Å². The summed E-state index contributed by atoms with van der Waals surface area (Å²) in [4.78, 5) is 15.5. The molecule has 0 saturated carbocycles. The van der Waals surface area contributed by atoms with Crippen molar-refractivity contribution in [2.75, 3.05) is 25.2 Å². The van der Waals surface area contributed by atoms with E-state index in [0.717, 1.165) is 16.1 Å². The van der Waals surface area contributed by atoms with Crippen molar-refractivity contribution < 1.29 is 23.0 Å². The maximum Gasteiger partial charge on any atom is 0.387 e. The van der Waals surface area contributed by atoms with Crippen LogP contribution >= 0.6 is 11.8 Å². The Labute approximate surface area is 174 Å². The summed E-state index contributed by atoms with van der Waals surface area (Å²) in [5.74, 6) is 0.120. The van der Waals surface area contributed by atoms with Gasteiger partial charge in [0.25, 0.3) is 0 Å². The van der Waals surface area contributed by atoms with Crippen LogP contribution in [0.3, 0.4) is 0 Å². The molecule has 0 fully saturated rings. The number of hydrogen-bond acceptors (Lipinski definition) is 5. The Morgan fingerprint density at radius 1 is 1.21 bits per heavy atom. The Kier molecular flexibility index (Phi) is 8.72. The van der Waals surface area contributed by atoms with Gasteiger partial charge in [0, 0.05) is 11.4 Å². The molecule has 5 nitrogen and oxygen atoms in total. The topological polar surface area (TPSA) is 50.8 Å². The van der Waals surface area contributed by atoms with Crippen LogP contribution in [0, 0.1) is 0 Å². The number of carbonyl (C=O) groups is 1. The predicted molar refractivity (Wildman–Crippen MR) is 112 cm³/mol. The number of rotatable bonds is 10. The molecule has 0 aromatic heterocycles. The first kappa shape index (κ1) is 23.0. The van der Waals surface area contributed by atoms with Gasteiger partial charge in [-0.3, -0.25) is 9.69 Å². The molecule has 1 amide bonds. The summed E-state index contributed by atoms with van der Waals surface area (Å²) >= 11 is 1.56. The zero-order chi connectivity index (χ0) is 21.4. The van der Waals surface area contributed by atoms with Gasteiger partial charge in [-0.1, -0.05) is 18.2 Å². The monoisotopic (exact) mass is 424 g/mol. The first-order valence-electron chi connectivity index (χ1n) is 9.20. The molecule has 0 aliphatic rings. The molecule has 1 atom stereocenters. The number of para-hydroxylation sites is 1. The van der Waals surface area contributed by atoms with Gasteiger partial charge in [0.1, 0.15) is 0 Å². The summed E-state index contributed by atoms with van der Waals surface area (Å²) in [6, 6.07) is 12.0. The van der Waals surface area contributed by atoms with E-state index in [1.165, 1.54) is 6.07 Å². The van der Waals surface area contributed by atoms with E-state index in [9.17, 15) is 13.6 Å². The highest BCUT2D eigenvalue weighted by Crippen LogP contribution is 2.30. The van der Waals surface area contributed by atoms with Crippen LogP contribution in [0.15, 0.2) is 47.4 Å². The molecule has 0 spiro atoms. The van der Waals surface area contributed by atoms with E-state index in [-0.39, 0.29) is 17.4 Å². The zero-order valence-corrected chi connectivity index (χ0v) is 17.8. The summed E-state index contributed by atoms with van der Waals surface area (Å²) in [5, 5.41) is 2.96. The quantitative estimate of drug-likeness (QED) is 0.552. The molecular formula is C21H26F2N2O3S. The third-order valence-corrected chi connectivity index (χ3v) is 5.16. The fourth-order valence-corrected chi connectivity index (χ4v) is 3.28. The molecule has 1 N–H and O–H groups in total. The Morgan fingerprint density at radius 2 is 1.93 bits per heavy atom. The van der Waals surface area contributed by atoms with E-state index in [1.54, 1.807) is 30.8 Å². The van der Waals surface area contributed by atoms with Gasteiger partial charge in [0.05, 0.1) is 18.3 Å². The van der Waals surface area contributed by atoms with Crippen molar-refractivity contribution in [3.63, 3.8) is 0 Å². The van der Waals surface area contributed by atoms with Gasteiger partial charge >= 0.3 is 6.61 Å². The zero-order valence-electron chi connectivity index (χ0n) is 16.9. The number of alkyl halides is 2. The van der Waals surface area contributed by atoms with Crippen LogP contribution in [0.5, 0.6) is 11.5 Å². The lowest BCUT2D eigenvalue weighted by Crippen LogP contribution is -2.39. The Morgan fingerprint density at radius 3 is 2.59 bits per heavy atom. The van der Waals surface area contributed by atoms with Crippen LogP contribution < -0.4 is 14.8 Å². The molecule has 0 aliphatic carbocycles. The summed E-state index contributed by atoms with van der Waals surface area (Å²) in [6.07, 6.45) is 1.96. The number of thioether (sulfide) groups is 1. The van der Waals surface area contributed by atoms with Gasteiger partial charge in [0.15, 0.2) is 11.5 Å². The SMILES string of the molecule is CCOc1cc(CN(C)C(C)C(=O)Nc2ccccc2SC)ccc1OC(F)F. The van der Waals surface area contributed by atoms with Crippen LogP contribution in [-0.4, -0.2) is 43.4 Å². The first-order valence-corrected chi connectivity index (χ1v) is 10.4. The van der Waals surface area contributed by atoms with E-state index in [4.69, 9.17) is 4.74 Å². The fraction of sp³-hybridized carbons (Fsp3) is 0.381. The van der Waals surface area contributed by atoms with E-state index in [2.05, 4.69) is 10.1 Å². The lowest BCUT2D eigenvalue weighted by Gasteiger charge is -2.24. The van der Waals surface area contributed by atoms with Gasteiger partial charge in [0.2, 0.25) is 5.91 Å². The molecule has 8 heteroatoms. The molecule has 2 rings (SSSR count). The number of nitrogens with zero attached hydrogens (tertiary/aromatic N) is 1. The number of carbonyl (C=O) groups excluding carboxylic acids is 1. The fourth-order valence-electron chi connectivity index (χ4n) is 2.72. The Bertz CT molecular complexity index is 820. The lowest BCUT2D eigenvalue weighted by atomic mass is 10.1. The van der Waals surface area contributed by atoms with Crippen molar-refractivity contribution in [2.24, 2.45) is 0 Å². The molecule has 0 saturated heterocycles. The average molecular weight is 425 g/mol. The number of hydrogen-bond donors (Lipinski definition) is 1. The minimum atomic E-state index is -2.92. The van der Waals surface area contributed by atoms with E-state index in [1.807, 2.05) is 49.4 Å². The number of nitrogens with one attached hydrogen (secondary N) is 1. The van der Waals surface area contributed by atoms with Gasteiger partial charge in [-0.05, 0) is 57.0 Å². The van der Waals surface area contributed by atoms with Crippen LogP contribution in [0.2, 0.25) is 0 Å². The molecule has 1 unspecified atom stereocenters. The number of amides is 1. The number of benzene rings is 2. The maximum absolute atomic E-state index is 12.7. The van der Waals surface area contributed by atoms with Crippen molar-refractivity contribution in [2.45, 2.75) is 37.9 Å². The second-order valence-corrected chi connectivity index (χ2v) is 7.22. The highest BCUT2D eigenvalue weighted by Gasteiger charge is 2.20. The summed E-state index contributed by atoms with van der Waals surface area (Å²) < 4.78 is 35.0. The summed E-state index contributed by atoms with van der Waals surface area (Å²) in [7, 11) is 1.83. The minimum absolute atomic E-state index is 0.00674. The highest BCUT2D eigenvalue weighted by molar-refractivity contribution is 7.98. The van der Waals surface area contributed by atoms with Gasteiger partial charge in [-0.25, -0.2) is 0 Å². The standard InChI is InChI=1S/C21H26F2N2O3S/c1-5-27-18-12-15(10-11-17(18)28-21(22)23)13-25(3)14(2)20(26)24-16-8-6-7-9-19(16)29-4/h6-12,14,21H,5,13H2,1-4H3,(H,24,26). The van der Waals surface area contributed by atoms with Crippen molar-refractivity contribution in [3.05, 3.63) is 48.0 Å². The molecule has 0 aliphatic heterocycles. The van der Waals surface area contributed by atoms with E-state index >= 15 is 0 Å². The maximum atomic E-state index is 12.7. The van der Waals surface area contributed by atoms with Crippen molar-refractivity contribution in [1.29, 1.82) is 0 Å². The predicted octanol–water partition coefficient (Wildman–Crippen LogP) is 4.87. The van der Waals surface area contributed by atoms with Crippen molar-refractivity contribution in [3.8, 4) is 11.5 Å². The van der Waals surface area contributed by atoms with Crippen LogP contribution in [-0.2, 0) is 11.3 Å². The molecule has 29 heavy (non-hydrogen) atoms. The molecular weight excluding hydrogens is 398 g/mol. The van der Waals surface area contributed by atoms with E-state index in [0.29, 0.717) is 13.2 Å². The first-order chi connectivity index (χ1) is 13.8. The van der Waals surface area contributed by atoms with E-state index < -0.39 is 12.7 Å². The van der Waals surface area contributed by atoms with Crippen molar-refractivity contribution >= 4 is 23.4 Å². The van der Waals surface area contributed by atoms with Crippen LogP contribution in [0.25, 0.3) is 0 Å². The van der Waals surface area contributed by atoms with Crippen LogP contribution in [0.1, 0.15) is 19.4 Å². The van der Waals surface area contributed by atoms with Gasteiger partial charge in [-0.2, -0.15) is 8.78 Å². The second-order valence-electron chi connectivity index (χ2n) is 6.37. The molecule has 158 valence electrons. The average Bonchev–Trinajstić information content (AvgIpc) is 2.69. The Hall–Kier alpha value is -2.32. The highest BCUT2D eigenvalue weighted by atomic mass is 32.2. The summed E-state index contributed by atoms with van der Waals surface area (Å²) in [6.45, 7) is 1.43. The number of ether oxygens (including phenoxy) is 2. The second kappa shape index (κ2) is 11.0. The summed E-state index contributed by atoms with van der Waals surface area (Å²) in [5.41, 5.74) is 1.60. The normalized spacial score (nSPS) is 12.1. The minimum Gasteiger partial charge on any atom is -0.490 e. The number of anilines is 1. The van der Waals surface area contributed by atoms with Gasteiger partial charge in [-0.15, -0.1) is 11.8 Å². The smallest absolute Gasteiger partial charge is 0.387 e. The molecule has 0 heterocycles. The van der Waals surface area contributed by atoms with Crippen LogP contribution in [0.4, 0.5) is 14.5 Å². The number of halogens is 2. The largest absolute Gasteiger partial charge is 0.490 e. The lowest BCUT2D eigenvalue weighted by molar-refractivity contribution is -0.120. The number of likely N-dealkylation sites (N-methyl/N-ethyl adjacent to an activating group) is 1. The Balaban J connectivity index is 2.07. The molecule has 0 bridgehead atoms. The third-order valence-electron chi connectivity index (χ3n) is 4.36. The molecule has 2 aromatic carbocycles. The molecule has 2 aromatic rings. The molecule has 0 radical (unpaired) electrons. The third kappa shape index (κ3) is 6.61. The van der Waals surface area contributed by atoms with Crippen molar-refractivity contribution in [1.82, 2.24) is 4.90 Å².